The number of benzene rings is 1. The first-order valence-corrected chi connectivity index (χ1v) is 10.6. The van der Waals surface area contributed by atoms with Crippen LogP contribution < -0.4 is 16.0 Å². The zero-order valence-corrected chi connectivity index (χ0v) is 16.6. The minimum Gasteiger partial charge on any atom is -0.335 e. The second kappa shape index (κ2) is 9.67. The van der Waals surface area contributed by atoms with Gasteiger partial charge >= 0.3 is 6.03 Å². The maximum Gasteiger partial charge on any atom is 0.321 e. The van der Waals surface area contributed by atoms with Gasteiger partial charge in [-0.2, -0.15) is 0 Å². The van der Waals surface area contributed by atoms with Crippen LogP contribution in [0.15, 0.2) is 41.8 Å². The number of hydrogen-bond donors (Lipinski definition) is 3. The van der Waals surface area contributed by atoms with Crippen LogP contribution in [0.1, 0.15) is 54.7 Å². The predicted octanol–water partition coefficient (Wildman–Crippen LogP) is 2.73. The van der Waals surface area contributed by atoms with Crippen molar-refractivity contribution >= 4 is 23.3 Å². The van der Waals surface area contributed by atoms with E-state index in [2.05, 4.69) is 53.3 Å². The Bertz CT molecular complexity index is 739. The van der Waals surface area contributed by atoms with Gasteiger partial charge in [-0.3, -0.25) is 10.1 Å². The quantitative estimate of drug-likeness (QED) is 0.620. The van der Waals surface area contributed by atoms with Gasteiger partial charge in [0.25, 0.3) is 5.91 Å². The molecule has 3 amide bonds. The Hall–Kier alpha value is -2.18. The molecule has 1 aliphatic carbocycles. The summed E-state index contributed by atoms with van der Waals surface area (Å²) < 4.78 is 0. The van der Waals surface area contributed by atoms with E-state index in [1.54, 1.807) is 11.3 Å². The van der Waals surface area contributed by atoms with E-state index in [4.69, 9.17) is 0 Å². The third kappa shape index (κ3) is 6.19. The number of carbonyl (C=O) groups is 2. The van der Waals surface area contributed by atoms with Crippen molar-refractivity contribution in [3.8, 4) is 0 Å². The summed E-state index contributed by atoms with van der Waals surface area (Å²) in [6, 6.07) is 12.7. The molecule has 1 aliphatic rings. The topological polar surface area (TPSA) is 74.8 Å². The molecule has 0 unspecified atom stereocenters. The second-order valence-electron chi connectivity index (χ2n) is 7.07. The zero-order chi connectivity index (χ0) is 19.1. The third-order valence-electron chi connectivity index (χ3n) is 4.71. The monoisotopic (exact) mass is 386 g/mol. The molecule has 1 aromatic heterocycles. The molecule has 1 saturated carbocycles. The number of amides is 3. The van der Waals surface area contributed by atoms with Crippen molar-refractivity contribution in [2.45, 2.75) is 51.1 Å². The van der Waals surface area contributed by atoms with E-state index in [9.17, 15) is 9.59 Å². The number of nitrogens with two attached hydrogens (primary N) is 1. The lowest BCUT2D eigenvalue weighted by Crippen LogP contribution is -2.87. The van der Waals surface area contributed by atoms with E-state index in [-0.39, 0.29) is 30.6 Å². The second-order valence-corrected chi connectivity index (χ2v) is 8.05. The Morgan fingerprint density at radius 1 is 1.22 bits per heavy atom. The highest BCUT2D eigenvalue weighted by atomic mass is 32.1. The zero-order valence-electron chi connectivity index (χ0n) is 15.7. The van der Waals surface area contributed by atoms with E-state index in [0.29, 0.717) is 0 Å². The molecule has 0 spiro atoms. The molecule has 0 aliphatic heterocycles. The fourth-order valence-electron chi connectivity index (χ4n) is 3.01. The van der Waals surface area contributed by atoms with Gasteiger partial charge in [-0.15, -0.1) is 11.3 Å². The van der Waals surface area contributed by atoms with Crippen molar-refractivity contribution < 1.29 is 14.9 Å². The number of quaternary nitrogens is 1. The normalized spacial score (nSPS) is 14.6. The highest BCUT2D eigenvalue weighted by molar-refractivity contribution is 7.10. The van der Waals surface area contributed by atoms with Crippen molar-refractivity contribution in [3.63, 3.8) is 0 Å². The smallest absolute Gasteiger partial charge is 0.321 e. The van der Waals surface area contributed by atoms with E-state index in [1.807, 2.05) is 11.4 Å². The van der Waals surface area contributed by atoms with Crippen molar-refractivity contribution in [1.29, 1.82) is 0 Å². The largest absolute Gasteiger partial charge is 0.335 e. The summed E-state index contributed by atoms with van der Waals surface area (Å²) in [7, 11) is 0. The minimum absolute atomic E-state index is 0.0578. The molecule has 3 rings (SSSR count). The van der Waals surface area contributed by atoms with Crippen LogP contribution in [-0.4, -0.2) is 24.5 Å². The summed E-state index contributed by atoms with van der Waals surface area (Å²) in [5, 5.41) is 9.23. The molecule has 0 radical (unpaired) electrons. The van der Waals surface area contributed by atoms with E-state index in [0.717, 1.165) is 19.3 Å². The van der Waals surface area contributed by atoms with Crippen LogP contribution in [0, 0.1) is 0 Å². The Balaban J connectivity index is 1.60. The molecule has 144 valence electrons. The van der Waals surface area contributed by atoms with Crippen LogP contribution in [0.2, 0.25) is 0 Å². The van der Waals surface area contributed by atoms with Crippen LogP contribution in [-0.2, 0) is 11.2 Å². The lowest BCUT2D eigenvalue weighted by atomic mass is 10.0. The summed E-state index contributed by atoms with van der Waals surface area (Å²) >= 11 is 1.68. The fourth-order valence-corrected chi connectivity index (χ4v) is 3.86. The SMILES string of the molecule is CCCCc1ccc([C@H]([NH2+]CC(=O)NC(=O)NC2CC2)c2cccs2)cc1. The molecule has 1 atom stereocenters. The highest BCUT2D eigenvalue weighted by Crippen LogP contribution is 2.23. The number of aryl methyl sites for hydroxylation is 1. The summed E-state index contributed by atoms with van der Waals surface area (Å²) in [4.78, 5) is 25.0. The molecule has 5 nitrogen and oxygen atoms in total. The van der Waals surface area contributed by atoms with Gasteiger partial charge in [-0.1, -0.05) is 43.7 Å². The maximum atomic E-state index is 12.1. The van der Waals surface area contributed by atoms with Crippen molar-refractivity contribution in [2.75, 3.05) is 6.54 Å². The fraction of sp³-hybridized carbons (Fsp3) is 0.429. The van der Waals surface area contributed by atoms with Gasteiger partial charge < -0.3 is 10.6 Å². The van der Waals surface area contributed by atoms with Gasteiger partial charge in [0.1, 0.15) is 6.04 Å². The lowest BCUT2D eigenvalue weighted by molar-refractivity contribution is -0.676. The molecular formula is C21H28N3O2S+. The molecule has 4 N–H and O–H groups in total. The minimum atomic E-state index is -0.385. The number of carbonyl (C=O) groups excluding carboxylic acids is 2. The molecule has 6 heteroatoms. The molecule has 1 aromatic carbocycles. The summed E-state index contributed by atoms with van der Waals surface area (Å²) in [5.41, 5.74) is 2.52. The van der Waals surface area contributed by atoms with Gasteiger partial charge in [0.2, 0.25) is 0 Å². The molecule has 1 fully saturated rings. The summed E-state index contributed by atoms with van der Waals surface area (Å²) in [6.45, 7) is 2.41. The Morgan fingerprint density at radius 3 is 2.63 bits per heavy atom. The van der Waals surface area contributed by atoms with Crippen LogP contribution in [0.5, 0.6) is 0 Å². The van der Waals surface area contributed by atoms with Gasteiger partial charge in [0.05, 0.1) is 4.88 Å². The standard InChI is InChI=1S/C21H27N3O2S/c1-2-3-5-15-7-9-16(10-8-15)20(18-6-4-13-27-18)22-14-19(25)24-21(26)23-17-11-12-17/h4,6-10,13,17,20,22H,2-3,5,11-12,14H2,1H3,(H2,23,24,25,26)/p+1/t20-/m0/s1. The number of thiophene rings is 1. The number of nitrogens with one attached hydrogen (secondary N) is 2. The van der Waals surface area contributed by atoms with Crippen LogP contribution in [0.25, 0.3) is 0 Å². The first-order valence-electron chi connectivity index (χ1n) is 9.71. The third-order valence-corrected chi connectivity index (χ3v) is 5.67. The van der Waals surface area contributed by atoms with Crippen molar-refractivity contribution in [1.82, 2.24) is 10.6 Å². The Labute approximate surface area is 164 Å². The van der Waals surface area contributed by atoms with Gasteiger partial charge in [0, 0.05) is 11.6 Å². The molecular weight excluding hydrogens is 358 g/mol. The summed E-state index contributed by atoms with van der Waals surface area (Å²) in [6.07, 6.45) is 5.49. The van der Waals surface area contributed by atoms with Gasteiger partial charge in [-0.05, 0) is 42.7 Å². The van der Waals surface area contributed by atoms with Crippen LogP contribution >= 0.6 is 11.3 Å². The lowest BCUT2D eigenvalue weighted by Gasteiger charge is -2.15. The van der Waals surface area contributed by atoms with Gasteiger partial charge in [0.15, 0.2) is 6.54 Å². The first kappa shape index (κ1) is 19.6. The summed E-state index contributed by atoms with van der Waals surface area (Å²) in [5.74, 6) is -0.269. The van der Waals surface area contributed by atoms with Crippen LogP contribution in [0.3, 0.4) is 0 Å². The number of rotatable bonds is 9. The van der Waals surface area contributed by atoms with Crippen LogP contribution in [0.4, 0.5) is 4.79 Å². The predicted molar refractivity (Wildman–Crippen MR) is 108 cm³/mol. The van der Waals surface area contributed by atoms with E-state index < -0.39 is 0 Å². The number of unbranched alkanes of at least 4 members (excludes halogenated alkanes) is 1. The van der Waals surface area contributed by atoms with E-state index in [1.165, 1.54) is 28.8 Å². The average molecular weight is 387 g/mol. The number of imide groups is 1. The number of urea groups is 1. The van der Waals surface area contributed by atoms with Crippen molar-refractivity contribution in [3.05, 3.63) is 57.8 Å². The first-order chi connectivity index (χ1) is 13.2. The maximum absolute atomic E-state index is 12.1. The highest BCUT2D eigenvalue weighted by Gasteiger charge is 2.25. The average Bonchev–Trinajstić information content (AvgIpc) is 3.30. The van der Waals surface area contributed by atoms with Crippen molar-refractivity contribution in [2.24, 2.45) is 0 Å². The molecule has 27 heavy (non-hydrogen) atoms. The Morgan fingerprint density at radius 2 is 2.00 bits per heavy atom. The molecule has 2 aromatic rings. The molecule has 1 heterocycles. The Kier molecular flexibility index (Phi) is 7.01. The molecule has 0 saturated heterocycles. The number of hydrogen-bond acceptors (Lipinski definition) is 3. The molecule has 0 bridgehead atoms. The van der Waals surface area contributed by atoms with Gasteiger partial charge in [-0.25, -0.2) is 4.79 Å². The van der Waals surface area contributed by atoms with E-state index >= 15 is 0 Å².